The monoisotopic (exact) mass is 603 g/mol. The second-order valence-corrected chi connectivity index (χ2v) is 11.5. The number of nitrogens with zero attached hydrogens (tertiary/aromatic N) is 3. The number of aromatic nitrogens is 2. The molecule has 2 amide bonds. The van der Waals surface area contributed by atoms with Gasteiger partial charge in [-0.1, -0.05) is 95.8 Å². The van der Waals surface area contributed by atoms with Gasteiger partial charge in [-0.3, -0.25) is 14.2 Å². The molecule has 2 heterocycles. The van der Waals surface area contributed by atoms with Gasteiger partial charge in [0, 0.05) is 6.54 Å². The summed E-state index contributed by atoms with van der Waals surface area (Å²) in [6, 6.07) is 11.6. The highest BCUT2D eigenvalue weighted by atomic mass is 16.6. The van der Waals surface area contributed by atoms with Gasteiger partial charge in [-0.15, -0.1) is 0 Å². The average Bonchev–Trinajstić information content (AvgIpc) is 3.32. The van der Waals surface area contributed by atoms with Crippen molar-refractivity contribution in [3.8, 4) is 0 Å². The number of hydrogen-bond acceptors (Lipinski definition) is 7. The number of para-hydroxylation sites is 1. The molecule has 1 fully saturated rings. The van der Waals surface area contributed by atoms with Gasteiger partial charge in [0.1, 0.15) is 0 Å². The van der Waals surface area contributed by atoms with Crippen molar-refractivity contribution in [1.29, 1.82) is 0 Å². The number of unbranched alkanes of at least 4 members (excludes halogenated alkanes) is 11. The molecule has 1 atom stereocenters. The number of rotatable bonds is 17. The number of carbonyl (C=O) groups is 3. The molecule has 0 spiro atoms. The molecule has 1 saturated heterocycles. The highest BCUT2D eigenvalue weighted by Crippen LogP contribution is 2.33. The number of cyclic esters (lactones) is 1. The lowest BCUT2D eigenvalue weighted by Gasteiger charge is -2.16. The number of amides is 2. The lowest BCUT2D eigenvalue weighted by molar-refractivity contribution is -0.122. The largest absolute Gasteiger partial charge is 0.462 e. The van der Waals surface area contributed by atoms with Crippen molar-refractivity contribution in [2.45, 2.75) is 110 Å². The molecule has 1 aliphatic rings. The minimum Gasteiger partial charge on any atom is -0.462 e. The molecule has 44 heavy (non-hydrogen) atoms. The number of carbonyl (C=O) groups excluding carboxylic acids is 3. The molecule has 4 rings (SSSR count). The van der Waals surface area contributed by atoms with Crippen molar-refractivity contribution in [2.75, 3.05) is 11.5 Å². The topological polar surface area (TPSA) is 108 Å². The van der Waals surface area contributed by atoms with Gasteiger partial charge in [-0.05, 0) is 50.1 Å². The minimum absolute atomic E-state index is 0.0627. The number of benzene rings is 2. The van der Waals surface area contributed by atoms with Gasteiger partial charge in [0.25, 0.3) is 11.5 Å². The number of imide groups is 1. The Hall–Kier alpha value is -4.01. The van der Waals surface area contributed by atoms with Gasteiger partial charge in [0.15, 0.2) is 5.82 Å². The van der Waals surface area contributed by atoms with Crippen molar-refractivity contribution >= 4 is 34.6 Å². The summed E-state index contributed by atoms with van der Waals surface area (Å²) in [5.74, 6) is -1.13. The summed E-state index contributed by atoms with van der Waals surface area (Å²) >= 11 is 0. The number of aryl methyl sites for hydroxylation is 1. The van der Waals surface area contributed by atoms with Crippen molar-refractivity contribution in [2.24, 2.45) is 0 Å². The first-order valence-corrected chi connectivity index (χ1v) is 16.2. The molecule has 0 aliphatic carbocycles. The molecule has 3 aromatic rings. The summed E-state index contributed by atoms with van der Waals surface area (Å²) in [7, 11) is 0. The van der Waals surface area contributed by atoms with E-state index >= 15 is 0 Å². The number of anilines is 1. The van der Waals surface area contributed by atoms with E-state index in [-0.39, 0.29) is 29.2 Å². The third kappa shape index (κ3) is 7.92. The molecular weight excluding hydrogens is 558 g/mol. The lowest BCUT2D eigenvalue weighted by Crippen LogP contribution is -2.33. The van der Waals surface area contributed by atoms with E-state index in [1.165, 1.54) is 68.4 Å². The Bertz CT molecular complexity index is 1510. The van der Waals surface area contributed by atoms with Crippen molar-refractivity contribution in [1.82, 2.24) is 9.55 Å². The van der Waals surface area contributed by atoms with Gasteiger partial charge in [-0.25, -0.2) is 19.5 Å². The van der Waals surface area contributed by atoms with Gasteiger partial charge in [0.2, 0.25) is 6.10 Å². The molecular formula is C35H45N3O6. The van der Waals surface area contributed by atoms with E-state index in [4.69, 9.17) is 9.47 Å². The Kier molecular flexibility index (Phi) is 12.1. The maximum atomic E-state index is 13.6. The summed E-state index contributed by atoms with van der Waals surface area (Å²) < 4.78 is 12.3. The maximum absolute atomic E-state index is 13.6. The van der Waals surface area contributed by atoms with Crippen LogP contribution < -0.4 is 10.5 Å². The predicted molar refractivity (Wildman–Crippen MR) is 171 cm³/mol. The van der Waals surface area contributed by atoms with E-state index < -0.39 is 24.1 Å². The Morgan fingerprint density at radius 2 is 1.50 bits per heavy atom. The van der Waals surface area contributed by atoms with Crippen LogP contribution in [-0.2, 0) is 20.8 Å². The molecule has 1 aromatic heterocycles. The first-order chi connectivity index (χ1) is 21.4. The van der Waals surface area contributed by atoms with Crippen LogP contribution in [0.15, 0.2) is 47.3 Å². The highest BCUT2D eigenvalue weighted by Gasteiger charge is 2.45. The first-order valence-electron chi connectivity index (χ1n) is 16.2. The molecule has 2 aromatic carbocycles. The molecule has 0 bridgehead atoms. The molecule has 1 unspecified atom stereocenters. The zero-order chi connectivity index (χ0) is 31.5. The Morgan fingerprint density at radius 1 is 0.864 bits per heavy atom. The number of fused-ring (bicyclic) bond motifs is 1. The normalized spacial score (nSPS) is 14.8. The Morgan fingerprint density at radius 3 is 2.16 bits per heavy atom. The number of ether oxygens (including phenoxy) is 2. The summed E-state index contributed by atoms with van der Waals surface area (Å²) in [5.41, 5.74) is 1.17. The van der Waals surface area contributed by atoms with Crippen molar-refractivity contribution < 1.29 is 23.9 Å². The predicted octanol–water partition coefficient (Wildman–Crippen LogP) is 7.81. The zero-order valence-electron chi connectivity index (χ0n) is 26.3. The van der Waals surface area contributed by atoms with Crippen LogP contribution in [-0.4, -0.2) is 34.1 Å². The van der Waals surface area contributed by atoms with Crippen LogP contribution in [0.5, 0.6) is 0 Å². The van der Waals surface area contributed by atoms with Crippen molar-refractivity contribution in [3.63, 3.8) is 0 Å². The standard InChI is InChI=1S/C35H45N3O6/c1-4-6-7-8-9-10-11-12-13-14-15-18-23-43-34(41)26-22-21-25(3)29(24-26)38-33(40)30(44-35(38)42)31-36-28-20-17-16-19-27(28)32(39)37(31)5-2/h16-17,19-22,24,30H,4-15,18,23H2,1-3H3. The van der Waals surface area contributed by atoms with E-state index in [0.29, 0.717) is 23.1 Å². The average molecular weight is 604 g/mol. The molecule has 0 saturated carbocycles. The third-order valence-corrected chi connectivity index (χ3v) is 8.20. The van der Waals surface area contributed by atoms with Crippen LogP contribution >= 0.6 is 0 Å². The fraction of sp³-hybridized carbons (Fsp3) is 0.514. The van der Waals surface area contributed by atoms with Gasteiger partial charge >= 0.3 is 12.1 Å². The van der Waals surface area contributed by atoms with Crippen LogP contribution in [0.3, 0.4) is 0 Å². The molecule has 1 aliphatic heterocycles. The second-order valence-electron chi connectivity index (χ2n) is 11.5. The molecule has 0 N–H and O–H groups in total. The molecule has 9 nitrogen and oxygen atoms in total. The fourth-order valence-corrected chi connectivity index (χ4v) is 5.65. The van der Waals surface area contributed by atoms with Crippen LogP contribution in [0.2, 0.25) is 0 Å². The third-order valence-electron chi connectivity index (χ3n) is 8.20. The van der Waals surface area contributed by atoms with Crippen LogP contribution in [0.1, 0.15) is 119 Å². The Labute approximate surface area is 259 Å². The van der Waals surface area contributed by atoms with Gasteiger partial charge in [0.05, 0.1) is 28.8 Å². The van der Waals surface area contributed by atoms with E-state index in [1.54, 1.807) is 50.2 Å². The first kappa shape index (κ1) is 32.9. The lowest BCUT2D eigenvalue weighted by atomic mass is 10.1. The highest BCUT2D eigenvalue weighted by molar-refractivity contribution is 6.18. The van der Waals surface area contributed by atoms with Crippen LogP contribution in [0, 0.1) is 6.92 Å². The van der Waals surface area contributed by atoms with E-state index in [2.05, 4.69) is 11.9 Å². The Balaban J connectivity index is 1.32. The maximum Gasteiger partial charge on any atom is 0.422 e. The summed E-state index contributed by atoms with van der Waals surface area (Å²) in [5, 5.41) is 0.414. The van der Waals surface area contributed by atoms with Crippen molar-refractivity contribution in [3.05, 3.63) is 69.8 Å². The van der Waals surface area contributed by atoms with Crippen LogP contribution in [0.4, 0.5) is 10.5 Å². The summed E-state index contributed by atoms with van der Waals surface area (Å²) in [6.45, 7) is 6.30. The van der Waals surface area contributed by atoms with E-state index in [0.717, 1.165) is 24.2 Å². The quantitative estimate of drug-likeness (QED) is 0.114. The SMILES string of the molecule is CCCCCCCCCCCCCCOC(=O)c1ccc(C)c(N2C(=O)OC(c3nc4ccccc4c(=O)n3CC)C2=O)c1. The van der Waals surface area contributed by atoms with Gasteiger partial charge in [-0.2, -0.15) is 0 Å². The fourth-order valence-electron chi connectivity index (χ4n) is 5.65. The smallest absolute Gasteiger partial charge is 0.422 e. The molecule has 9 heteroatoms. The van der Waals surface area contributed by atoms with Crippen LogP contribution in [0.25, 0.3) is 10.9 Å². The minimum atomic E-state index is -1.39. The van der Waals surface area contributed by atoms with E-state index in [1.807, 2.05) is 0 Å². The van der Waals surface area contributed by atoms with Gasteiger partial charge < -0.3 is 9.47 Å². The summed E-state index contributed by atoms with van der Waals surface area (Å²) in [6.07, 6.45) is 12.4. The molecule has 0 radical (unpaired) electrons. The van der Waals surface area contributed by atoms with E-state index in [9.17, 15) is 19.2 Å². The molecule has 236 valence electrons. The zero-order valence-corrected chi connectivity index (χ0v) is 26.3. The number of esters is 1. The summed E-state index contributed by atoms with van der Waals surface area (Å²) in [4.78, 5) is 57.9. The number of hydrogen-bond donors (Lipinski definition) is 0. The second kappa shape index (κ2) is 16.2.